The number of hydrogen-bond acceptors (Lipinski definition) is 2. The van der Waals surface area contributed by atoms with E-state index in [4.69, 9.17) is 16.3 Å². The lowest BCUT2D eigenvalue weighted by Gasteiger charge is -2.21. The van der Waals surface area contributed by atoms with Gasteiger partial charge in [-0.15, -0.1) is 0 Å². The molecule has 0 unspecified atom stereocenters. The van der Waals surface area contributed by atoms with Gasteiger partial charge in [-0.3, -0.25) is 4.79 Å². The van der Waals surface area contributed by atoms with Crippen molar-refractivity contribution >= 4 is 23.2 Å². The molecule has 0 aromatic heterocycles. The third kappa shape index (κ3) is 4.76. The molecule has 0 saturated carbocycles. The largest absolute Gasteiger partial charge is 0.481 e. The number of carbonyl (C=O) groups is 1. The Kier molecular flexibility index (Phi) is 6.49. The number of rotatable bonds is 6. The van der Waals surface area contributed by atoms with Crippen LogP contribution in [0.3, 0.4) is 0 Å². The van der Waals surface area contributed by atoms with Crippen LogP contribution in [0, 0.1) is 13.8 Å². The summed E-state index contributed by atoms with van der Waals surface area (Å²) in [6, 6.07) is 11.5. The van der Waals surface area contributed by atoms with Crippen LogP contribution < -0.4 is 10.1 Å². The number of benzene rings is 2. The second-order valence-corrected chi connectivity index (χ2v) is 7.02. The van der Waals surface area contributed by atoms with Gasteiger partial charge >= 0.3 is 0 Å². The summed E-state index contributed by atoms with van der Waals surface area (Å²) < 4.78 is 5.90. The molecule has 2 aromatic carbocycles. The molecular formula is C21H26ClNO2. The molecule has 2 rings (SSSR count). The quantitative estimate of drug-likeness (QED) is 0.699. The van der Waals surface area contributed by atoms with Gasteiger partial charge in [0, 0.05) is 10.7 Å². The molecule has 0 spiro atoms. The van der Waals surface area contributed by atoms with Gasteiger partial charge in [0.05, 0.1) is 0 Å². The Balaban J connectivity index is 2.19. The summed E-state index contributed by atoms with van der Waals surface area (Å²) in [5.41, 5.74) is 3.99. The fraction of sp³-hybridized carbons (Fsp3) is 0.381. The van der Waals surface area contributed by atoms with Crippen molar-refractivity contribution in [1.29, 1.82) is 0 Å². The van der Waals surface area contributed by atoms with Crippen LogP contribution in [0.25, 0.3) is 0 Å². The first-order valence-electron chi connectivity index (χ1n) is 8.66. The molecule has 134 valence electrons. The monoisotopic (exact) mass is 359 g/mol. The van der Waals surface area contributed by atoms with Crippen LogP contribution in [0.4, 0.5) is 5.69 Å². The molecule has 3 nitrogen and oxygen atoms in total. The predicted octanol–water partition coefficient (Wildman–Crippen LogP) is 5.88. The van der Waals surface area contributed by atoms with Gasteiger partial charge in [-0.05, 0) is 61.1 Å². The molecule has 25 heavy (non-hydrogen) atoms. The number of anilines is 1. The first kappa shape index (κ1) is 19.3. The van der Waals surface area contributed by atoms with E-state index in [1.165, 1.54) is 0 Å². The van der Waals surface area contributed by atoms with E-state index in [0.29, 0.717) is 23.1 Å². The Labute approximate surface area is 155 Å². The molecule has 0 aliphatic rings. The summed E-state index contributed by atoms with van der Waals surface area (Å²) in [6.45, 7) is 10.1. The second-order valence-electron chi connectivity index (χ2n) is 6.61. The first-order chi connectivity index (χ1) is 11.8. The van der Waals surface area contributed by atoms with Crippen molar-refractivity contribution in [3.8, 4) is 5.75 Å². The molecule has 0 aliphatic heterocycles. The maximum absolute atomic E-state index is 12.8. The average Bonchev–Trinajstić information content (AvgIpc) is 2.57. The van der Waals surface area contributed by atoms with E-state index >= 15 is 0 Å². The smallest absolute Gasteiger partial charge is 0.265 e. The third-order valence-electron chi connectivity index (χ3n) is 4.25. The molecule has 0 saturated heterocycles. The zero-order chi connectivity index (χ0) is 18.6. The minimum absolute atomic E-state index is 0.133. The Morgan fingerprint density at radius 1 is 1.16 bits per heavy atom. The van der Waals surface area contributed by atoms with Crippen LogP contribution in [-0.4, -0.2) is 12.0 Å². The Bertz CT molecular complexity index is 756. The van der Waals surface area contributed by atoms with E-state index in [-0.39, 0.29) is 5.91 Å². The van der Waals surface area contributed by atoms with E-state index in [1.807, 2.05) is 39.0 Å². The van der Waals surface area contributed by atoms with Crippen LogP contribution in [0.15, 0.2) is 36.4 Å². The summed E-state index contributed by atoms with van der Waals surface area (Å²) in [4.78, 5) is 12.8. The zero-order valence-corrected chi connectivity index (χ0v) is 16.3. The van der Waals surface area contributed by atoms with Crippen molar-refractivity contribution in [2.75, 3.05) is 5.32 Å². The van der Waals surface area contributed by atoms with Crippen LogP contribution >= 0.6 is 11.6 Å². The summed E-state index contributed by atoms with van der Waals surface area (Å²) in [5.74, 6) is 0.846. The lowest BCUT2D eigenvalue weighted by molar-refractivity contribution is -0.122. The van der Waals surface area contributed by atoms with Gasteiger partial charge < -0.3 is 10.1 Å². The molecule has 1 atom stereocenters. The van der Waals surface area contributed by atoms with Gasteiger partial charge in [-0.1, -0.05) is 50.6 Å². The number of nitrogens with one attached hydrogen (secondary N) is 1. The lowest BCUT2D eigenvalue weighted by Crippen LogP contribution is -2.33. The highest BCUT2D eigenvalue weighted by Gasteiger charge is 2.21. The van der Waals surface area contributed by atoms with E-state index in [9.17, 15) is 4.79 Å². The molecule has 1 amide bonds. The van der Waals surface area contributed by atoms with Crippen LogP contribution in [-0.2, 0) is 4.79 Å². The maximum atomic E-state index is 12.8. The van der Waals surface area contributed by atoms with E-state index in [0.717, 1.165) is 22.4 Å². The average molecular weight is 360 g/mol. The third-order valence-corrected chi connectivity index (χ3v) is 4.67. The summed E-state index contributed by atoms with van der Waals surface area (Å²) in [7, 11) is 0. The van der Waals surface area contributed by atoms with Gasteiger partial charge in [0.15, 0.2) is 6.10 Å². The number of halogens is 1. The summed E-state index contributed by atoms with van der Waals surface area (Å²) >= 11 is 6.05. The Hall–Kier alpha value is -2.00. The number of para-hydroxylation sites is 1. The molecule has 0 radical (unpaired) electrons. The van der Waals surface area contributed by atoms with Crippen molar-refractivity contribution < 1.29 is 9.53 Å². The number of amides is 1. The predicted molar refractivity (Wildman–Crippen MR) is 105 cm³/mol. The van der Waals surface area contributed by atoms with Crippen molar-refractivity contribution in [3.63, 3.8) is 0 Å². The second kappa shape index (κ2) is 8.39. The van der Waals surface area contributed by atoms with Crippen molar-refractivity contribution in [1.82, 2.24) is 0 Å². The SMILES string of the molecule is CC[C@H](Oc1ccc(Cl)c(C)c1)C(=O)Nc1c(C)cccc1C(C)C. The Morgan fingerprint density at radius 2 is 1.88 bits per heavy atom. The summed E-state index contributed by atoms with van der Waals surface area (Å²) in [5, 5.41) is 3.75. The highest BCUT2D eigenvalue weighted by Crippen LogP contribution is 2.28. The molecule has 2 aromatic rings. The molecule has 0 fully saturated rings. The highest BCUT2D eigenvalue weighted by atomic mass is 35.5. The minimum atomic E-state index is -0.555. The fourth-order valence-electron chi connectivity index (χ4n) is 2.72. The number of hydrogen-bond donors (Lipinski definition) is 1. The lowest BCUT2D eigenvalue weighted by atomic mass is 9.98. The van der Waals surface area contributed by atoms with Gasteiger partial charge in [0.25, 0.3) is 5.91 Å². The molecule has 0 heterocycles. The molecule has 1 N–H and O–H groups in total. The molecule has 0 bridgehead atoms. The number of aryl methyl sites for hydroxylation is 2. The van der Waals surface area contributed by atoms with Crippen molar-refractivity contribution in [2.24, 2.45) is 0 Å². The van der Waals surface area contributed by atoms with Crippen molar-refractivity contribution in [2.45, 2.75) is 53.1 Å². The van der Waals surface area contributed by atoms with E-state index in [2.05, 4.69) is 25.2 Å². The molecular weight excluding hydrogens is 334 g/mol. The van der Waals surface area contributed by atoms with Crippen LogP contribution in [0.1, 0.15) is 49.8 Å². The van der Waals surface area contributed by atoms with Gasteiger partial charge in [-0.25, -0.2) is 0 Å². The first-order valence-corrected chi connectivity index (χ1v) is 9.04. The van der Waals surface area contributed by atoms with E-state index in [1.54, 1.807) is 12.1 Å². The fourth-order valence-corrected chi connectivity index (χ4v) is 2.84. The van der Waals surface area contributed by atoms with Gasteiger partial charge in [-0.2, -0.15) is 0 Å². The number of ether oxygens (including phenoxy) is 1. The minimum Gasteiger partial charge on any atom is -0.481 e. The van der Waals surface area contributed by atoms with Gasteiger partial charge in [0.2, 0.25) is 0 Å². The zero-order valence-electron chi connectivity index (χ0n) is 15.5. The Morgan fingerprint density at radius 3 is 2.48 bits per heavy atom. The highest BCUT2D eigenvalue weighted by molar-refractivity contribution is 6.31. The maximum Gasteiger partial charge on any atom is 0.265 e. The normalized spacial score (nSPS) is 12.1. The molecule has 4 heteroatoms. The van der Waals surface area contributed by atoms with E-state index < -0.39 is 6.10 Å². The standard InChI is InChI=1S/C21H26ClNO2/c1-6-19(25-16-10-11-18(22)15(5)12-16)21(24)23-20-14(4)8-7-9-17(20)13(2)3/h7-13,19H,6H2,1-5H3,(H,23,24)/t19-/m0/s1. The molecule has 0 aliphatic carbocycles. The summed E-state index contributed by atoms with van der Waals surface area (Å²) in [6.07, 6.45) is 0.0244. The number of carbonyl (C=O) groups excluding carboxylic acids is 1. The van der Waals surface area contributed by atoms with Crippen molar-refractivity contribution in [3.05, 3.63) is 58.1 Å². The van der Waals surface area contributed by atoms with Crippen LogP contribution in [0.2, 0.25) is 5.02 Å². The topological polar surface area (TPSA) is 38.3 Å². The van der Waals surface area contributed by atoms with Crippen LogP contribution in [0.5, 0.6) is 5.75 Å². The van der Waals surface area contributed by atoms with Gasteiger partial charge in [0.1, 0.15) is 5.75 Å².